The molecule has 0 aliphatic carbocycles. The second kappa shape index (κ2) is 8.03. The van der Waals surface area contributed by atoms with Crippen molar-refractivity contribution in [3.05, 3.63) is 59.3 Å². The van der Waals surface area contributed by atoms with Gasteiger partial charge in [0.15, 0.2) is 0 Å². The molecule has 0 bridgehead atoms. The van der Waals surface area contributed by atoms with Crippen molar-refractivity contribution in [3.8, 4) is 11.9 Å². The summed E-state index contributed by atoms with van der Waals surface area (Å²) in [4.78, 5) is 4.44. The van der Waals surface area contributed by atoms with Gasteiger partial charge < -0.3 is 10.1 Å². The lowest BCUT2D eigenvalue weighted by atomic mass is 10.1. The van der Waals surface area contributed by atoms with Gasteiger partial charge in [-0.2, -0.15) is 5.26 Å². The van der Waals surface area contributed by atoms with Gasteiger partial charge in [0, 0.05) is 31.3 Å². The van der Waals surface area contributed by atoms with E-state index >= 15 is 0 Å². The van der Waals surface area contributed by atoms with Crippen LogP contribution in [-0.4, -0.2) is 18.6 Å². The first-order valence-corrected chi connectivity index (χ1v) is 6.98. The molecule has 0 saturated heterocycles. The quantitative estimate of drug-likeness (QED) is 0.792. The lowest BCUT2D eigenvalue weighted by Gasteiger charge is -2.09. The molecule has 0 amide bonds. The van der Waals surface area contributed by atoms with E-state index in [2.05, 4.69) is 28.5 Å². The number of pyridine rings is 1. The largest absolute Gasteiger partial charge is 0.481 e. The topological polar surface area (TPSA) is 57.9 Å². The fourth-order valence-electron chi connectivity index (χ4n) is 2.12. The number of methoxy groups -OCH3 is 1. The molecule has 2 rings (SSSR count). The van der Waals surface area contributed by atoms with Crippen LogP contribution in [0.1, 0.15) is 16.8 Å². The molecule has 0 atom stereocenters. The molecule has 0 spiro atoms. The predicted molar refractivity (Wildman–Crippen MR) is 82.0 cm³/mol. The molecule has 1 heterocycles. The smallest absolute Gasteiger partial charge is 0.213 e. The monoisotopic (exact) mass is 281 g/mol. The van der Waals surface area contributed by atoms with E-state index in [0.717, 1.165) is 30.8 Å². The van der Waals surface area contributed by atoms with Gasteiger partial charge in [-0.05, 0) is 11.1 Å². The van der Waals surface area contributed by atoms with Crippen LogP contribution in [0.4, 0.5) is 0 Å². The van der Waals surface area contributed by atoms with Crippen LogP contribution in [0.3, 0.4) is 0 Å². The molecular weight excluding hydrogens is 262 g/mol. The summed E-state index contributed by atoms with van der Waals surface area (Å²) in [6, 6.07) is 16.2. The molecule has 0 unspecified atom stereocenters. The molecule has 2 aromatic rings. The van der Waals surface area contributed by atoms with Crippen molar-refractivity contribution in [2.45, 2.75) is 19.4 Å². The van der Waals surface area contributed by atoms with Crippen molar-refractivity contribution in [3.63, 3.8) is 0 Å². The summed E-state index contributed by atoms with van der Waals surface area (Å²) in [7, 11) is 1.60. The van der Waals surface area contributed by atoms with E-state index in [4.69, 9.17) is 10.00 Å². The maximum Gasteiger partial charge on any atom is 0.213 e. The van der Waals surface area contributed by atoms with Gasteiger partial charge in [0.05, 0.1) is 19.6 Å². The van der Waals surface area contributed by atoms with Crippen LogP contribution < -0.4 is 10.1 Å². The number of nitrogens with zero attached hydrogens (tertiary/aromatic N) is 2. The second-order valence-electron chi connectivity index (χ2n) is 4.71. The van der Waals surface area contributed by atoms with Crippen molar-refractivity contribution in [2.24, 2.45) is 0 Å². The zero-order valence-electron chi connectivity index (χ0n) is 12.2. The van der Waals surface area contributed by atoms with E-state index in [1.54, 1.807) is 13.2 Å². The number of rotatable bonds is 7. The highest BCUT2D eigenvalue weighted by Crippen LogP contribution is 2.14. The predicted octanol–water partition coefficient (Wildman–Crippen LogP) is 2.49. The summed E-state index contributed by atoms with van der Waals surface area (Å²) >= 11 is 0. The van der Waals surface area contributed by atoms with E-state index in [1.807, 2.05) is 24.3 Å². The number of benzene rings is 1. The summed E-state index contributed by atoms with van der Waals surface area (Å²) in [6.45, 7) is 1.64. The van der Waals surface area contributed by atoms with Crippen LogP contribution in [0.2, 0.25) is 0 Å². The number of hydrogen-bond donors (Lipinski definition) is 1. The van der Waals surface area contributed by atoms with Crippen molar-refractivity contribution in [2.75, 3.05) is 13.7 Å². The molecule has 0 aliphatic rings. The Morgan fingerprint density at radius 3 is 2.71 bits per heavy atom. The van der Waals surface area contributed by atoms with Crippen molar-refractivity contribution < 1.29 is 4.74 Å². The molecule has 0 radical (unpaired) electrons. The number of ether oxygens (including phenoxy) is 1. The van der Waals surface area contributed by atoms with Crippen molar-refractivity contribution >= 4 is 0 Å². The number of nitriles is 1. The molecule has 1 aromatic carbocycles. The highest BCUT2D eigenvalue weighted by molar-refractivity contribution is 5.28. The minimum atomic E-state index is 0.380. The van der Waals surface area contributed by atoms with Gasteiger partial charge in [-0.25, -0.2) is 4.98 Å². The third-order valence-electron chi connectivity index (χ3n) is 3.23. The maximum absolute atomic E-state index is 8.87. The van der Waals surface area contributed by atoms with Gasteiger partial charge in [-0.15, -0.1) is 0 Å². The van der Waals surface area contributed by atoms with Gasteiger partial charge in [-0.3, -0.25) is 0 Å². The lowest BCUT2D eigenvalue weighted by Crippen LogP contribution is -2.18. The molecular formula is C17H19N3O. The van der Waals surface area contributed by atoms with Gasteiger partial charge in [0.2, 0.25) is 5.88 Å². The third kappa shape index (κ3) is 4.59. The van der Waals surface area contributed by atoms with E-state index in [1.165, 1.54) is 5.56 Å². The zero-order chi connectivity index (χ0) is 14.9. The first-order valence-electron chi connectivity index (χ1n) is 6.98. The first kappa shape index (κ1) is 15.0. The van der Waals surface area contributed by atoms with Gasteiger partial charge >= 0.3 is 0 Å². The van der Waals surface area contributed by atoms with Gasteiger partial charge in [0.25, 0.3) is 0 Å². The van der Waals surface area contributed by atoms with Crippen molar-refractivity contribution in [1.82, 2.24) is 10.3 Å². The Morgan fingerprint density at radius 1 is 1.19 bits per heavy atom. The van der Waals surface area contributed by atoms with Gasteiger partial charge in [0.1, 0.15) is 0 Å². The second-order valence-corrected chi connectivity index (χ2v) is 4.71. The average molecular weight is 281 g/mol. The molecule has 0 fully saturated rings. The molecule has 4 nitrogen and oxygen atoms in total. The van der Waals surface area contributed by atoms with E-state index in [9.17, 15) is 0 Å². The summed E-state index contributed by atoms with van der Waals surface area (Å²) in [5.74, 6) is 0.592. The normalized spacial score (nSPS) is 10.1. The van der Waals surface area contributed by atoms with Crippen LogP contribution in [0.25, 0.3) is 0 Å². The molecule has 108 valence electrons. The van der Waals surface area contributed by atoms with Crippen molar-refractivity contribution in [1.29, 1.82) is 5.26 Å². The Bertz CT molecular complexity index is 605. The number of aromatic nitrogens is 1. The highest BCUT2D eigenvalue weighted by atomic mass is 16.5. The molecule has 21 heavy (non-hydrogen) atoms. The molecule has 1 aromatic heterocycles. The van der Waals surface area contributed by atoms with Crippen LogP contribution in [0, 0.1) is 11.3 Å². The average Bonchev–Trinajstić information content (AvgIpc) is 2.54. The minimum Gasteiger partial charge on any atom is -0.481 e. The standard InChI is InChI=1S/C17H19N3O/c1-21-17-8-7-15(9-11-18)16(20-17)10-12-19-13-14-5-3-2-4-6-14/h2-8,19H,9-10,12-13H2,1H3. The van der Waals surface area contributed by atoms with Crippen LogP contribution in [0.15, 0.2) is 42.5 Å². The Labute approximate surface area is 125 Å². The summed E-state index contributed by atoms with van der Waals surface area (Å²) < 4.78 is 5.15. The summed E-state index contributed by atoms with van der Waals surface area (Å²) in [6.07, 6.45) is 1.16. The van der Waals surface area contributed by atoms with Crippen LogP contribution in [0.5, 0.6) is 5.88 Å². The van der Waals surface area contributed by atoms with Gasteiger partial charge in [-0.1, -0.05) is 36.4 Å². The number of hydrogen-bond acceptors (Lipinski definition) is 4. The Morgan fingerprint density at radius 2 is 2.00 bits per heavy atom. The zero-order valence-corrected chi connectivity index (χ0v) is 12.2. The van der Waals surface area contributed by atoms with Crippen LogP contribution in [-0.2, 0) is 19.4 Å². The first-order chi connectivity index (χ1) is 10.3. The molecule has 4 heteroatoms. The SMILES string of the molecule is COc1ccc(CC#N)c(CCNCc2ccccc2)n1. The fraction of sp³-hybridized carbons (Fsp3) is 0.294. The van der Waals surface area contributed by atoms with E-state index in [-0.39, 0.29) is 0 Å². The number of nitrogens with one attached hydrogen (secondary N) is 1. The lowest BCUT2D eigenvalue weighted by molar-refractivity contribution is 0.395. The highest BCUT2D eigenvalue weighted by Gasteiger charge is 2.06. The van der Waals surface area contributed by atoms with E-state index in [0.29, 0.717) is 12.3 Å². The maximum atomic E-state index is 8.87. The molecule has 0 aliphatic heterocycles. The summed E-state index contributed by atoms with van der Waals surface area (Å²) in [5, 5.41) is 12.3. The van der Waals surface area contributed by atoms with E-state index < -0.39 is 0 Å². The fourth-order valence-corrected chi connectivity index (χ4v) is 2.12. The Balaban J connectivity index is 1.91. The third-order valence-corrected chi connectivity index (χ3v) is 3.23. The summed E-state index contributed by atoms with van der Waals surface area (Å²) in [5.41, 5.74) is 3.16. The Kier molecular flexibility index (Phi) is 5.74. The minimum absolute atomic E-state index is 0.380. The molecule has 0 saturated carbocycles. The Hall–Kier alpha value is -2.38. The molecule has 1 N–H and O–H groups in total. The van der Waals surface area contributed by atoms with Crippen LogP contribution >= 0.6 is 0 Å².